The van der Waals surface area contributed by atoms with E-state index >= 15 is 0 Å². The minimum atomic E-state index is -0.462. The maximum absolute atomic E-state index is 13.0. The van der Waals surface area contributed by atoms with Crippen LogP contribution in [0.3, 0.4) is 0 Å². The van der Waals surface area contributed by atoms with E-state index in [1.165, 1.54) is 13.3 Å². The molecular weight excluding hydrogens is 460 g/mol. The second kappa shape index (κ2) is 10.3. The Balaban J connectivity index is 1.41. The number of aromatic nitrogens is 3. The van der Waals surface area contributed by atoms with Gasteiger partial charge in [-0.2, -0.15) is 0 Å². The number of urea groups is 1. The van der Waals surface area contributed by atoms with Crippen molar-refractivity contribution < 1.29 is 19.1 Å². The largest absolute Gasteiger partial charge is 0.485 e. The SMILES string of the molecule is CC(=O)c1ccc(NC(=O)Nc2cccc(OCC(=O)c3cn(C(C)C)c4ncnc(N)c34)c2)cc1. The lowest BCUT2D eigenvalue weighted by atomic mass is 10.1. The van der Waals surface area contributed by atoms with Crippen LogP contribution in [0.4, 0.5) is 22.0 Å². The lowest BCUT2D eigenvalue weighted by molar-refractivity contribution is 0.0922. The second-order valence-electron chi connectivity index (χ2n) is 8.45. The van der Waals surface area contributed by atoms with Crippen molar-refractivity contribution in [2.45, 2.75) is 26.8 Å². The summed E-state index contributed by atoms with van der Waals surface area (Å²) in [6.45, 7) is 5.21. The van der Waals surface area contributed by atoms with Crippen molar-refractivity contribution in [1.29, 1.82) is 0 Å². The summed E-state index contributed by atoms with van der Waals surface area (Å²) in [6, 6.07) is 12.9. The van der Waals surface area contributed by atoms with Gasteiger partial charge in [0.25, 0.3) is 0 Å². The Morgan fingerprint density at radius 2 is 1.75 bits per heavy atom. The summed E-state index contributed by atoms with van der Waals surface area (Å²) in [7, 11) is 0. The van der Waals surface area contributed by atoms with Crippen molar-refractivity contribution in [2.75, 3.05) is 23.0 Å². The molecule has 0 radical (unpaired) electrons. The number of nitrogens with zero attached hydrogens (tertiary/aromatic N) is 3. The Hall–Kier alpha value is -4.73. The number of hydrogen-bond acceptors (Lipinski definition) is 7. The van der Waals surface area contributed by atoms with E-state index in [9.17, 15) is 14.4 Å². The number of nitrogens with one attached hydrogen (secondary N) is 2. The quantitative estimate of drug-likeness (QED) is 0.306. The molecule has 0 aliphatic rings. The van der Waals surface area contributed by atoms with Gasteiger partial charge in [0.2, 0.25) is 5.78 Å². The van der Waals surface area contributed by atoms with Crippen LogP contribution in [0, 0.1) is 0 Å². The fourth-order valence-corrected chi connectivity index (χ4v) is 3.69. The fourth-order valence-electron chi connectivity index (χ4n) is 3.69. The smallest absolute Gasteiger partial charge is 0.323 e. The molecule has 4 aromatic rings. The number of amides is 2. The standard InChI is InChI=1S/C26H26N6O4/c1-15(2)32-12-21(23-24(27)28-14-29-25(23)32)22(34)13-36-20-6-4-5-19(11-20)31-26(35)30-18-9-7-17(8-10-18)16(3)33/h4-12,14-15H,13H2,1-3H3,(H2,27,28,29)(H2,30,31,35). The molecule has 0 bridgehead atoms. The third-order valence-electron chi connectivity index (χ3n) is 5.51. The number of nitrogens with two attached hydrogens (primary N) is 1. The molecule has 2 aromatic heterocycles. The first kappa shape index (κ1) is 24.4. The monoisotopic (exact) mass is 486 g/mol. The van der Waals surface area contributed by atoms with E-state index in [0.29, 0.717) is 39.3 Å². The van der Waals surface area contributed by atoms with Crippen molar-refractivity contribution in [3.8, 4) is 5.75 Å². The number of rotatable bonds is 8. The van der Waals surface area contributed by atoms with Gasteiger partial charge in [0, 0.05) is 35.2 Å². The van der Waals surface area contributed by atoms with Gasteiger partial charge < -0.3 is 25.7 Å². The lowest BCUT2D eigenvalue weighted by Crippen LogP contribution is -2.19. The number of nitrogen functional groups attached to an aromatic ring is 1. The molecule has 2 aromatic carbocycles. The van der Waals surface area contributed by atoms with Crippen LogP contribution in [0.5, 0.6) is 5.75 Å². The van der Waals surface area contributed by atoms with Crippen LogP contribution in [0.1, 0.15) is 47.5 Å². The Morgan fingerprint density at radius 3 is 2.44 bits per heavy atom. The molecule has 0 aliphatic carbocycles. The zero-order valence-corrected chi connectivity index (χ0v) is 20.1. The second-order valence-corrected chi connectivity index (χ2v) is 8.45. The van der Waals surface area contributed by atoms with Crippen molar-refractivity contribution in [3.05, 3.63) is 72.2 Å². The van der Waals surface area contributed by atoms with E-state index in [2.05, 4.69) is 20.6 Å². The van der Waals surface area contributed by atoms with Crippen LogP contribution in [0.25, 0.3) is 11.0 Å². The normalized spacial score (nSPS) is 10.9. The van der Waals surface area contributed by atoms with Gasteiger partial charge in [-0.15, -0.1) is 0 Å². The van der Waals surface area contributed by atoms with Crippen LogP contribution in [-0.2, 0) is 0 Å². The summed E-state index contributed by atoms with van der Waals surface area (Å²) >= 11 is 0. The molecule has 0 unspecified atom stereocenters. The number of anilines is 3. The third-order valence-corrected chi connectivity index (χ3v) is 5.51. The molecule has 2 heterocycles. The number of carbonyl (C=O) groups excluding carboxylic acids is 3. The summed E-state index contributed by atoms with van der Waals surface area (Å²) < 4.78 is 7.59. The topological polar surface area (TPSA) is 141 Å². The molecule has 184 valence electrons. The molecular formula is C26H26N6O4. The van der Waals surface area contributed by atoms with Crippen LogP contribution in [-0.4, -0.2) is 38.7 Å². The fraction of sp³-hybridized carbons (Fsp3) is 0.192. The predicted octanol–water partition coefficient (Wildman–Crippen LogP) is 4.70. The average Bonchev–Trinajstić information content (AvgIpc) is 3.24. The third kappa shape index (κ3) is 5.33. The molecule has 10 heteroatoms. The van der Waals surface area contributed by atoms with Gasteiger partial charge in [0.1, 0.15) is 23.5 Å². The highest BCUT2D eigenvalue weighted by Gasteiger charge is 2.20. The van der Waals surface area contributed by atoms with Gasteiger partial charge in [0.15, 0.2) is 12.4 Å². The number of benzene rings is 2. The summed E-state index contributed by atoms with van der Waals surface area (Å²) in [6.07, 6.45) is 3.09. The summed E-state index contributed by atoms with van der Waals surface area (Å²) in [5, 5.41) is 5.92. The number of hydrogen-bond donors (Lipinski definition) is 3. The van der Waals surface area contributed by atoms with Crippen molar-refractivity contribution in [1.82, 2.24) is 14.5 Å². The van der Waals surface area contributed by atoms with Crippen LogP contribution < -0.4 is 21.1 Å². The molecule has 0 aliphatic heterocycles. The minimum Gasteiger partial charge on any atom is -0.485 e. The van der Waals surface area contributed by atoms with Crippen LogP contribution in [0.15, 0.2) is 61.1 Å². The zero-order valence-electron chi connectivity index (χ0n) is 20.1. The average molecular weight is 487 g/mol. The molecule has 0 fully saturated rings. The first-order chi connectivity index (χ1) is 17.2. The first-order valence-electron chi connectivity index (χ1n) is 11.3. The molecule has 0 saturated heterocycles. The lowest BCUT2D eigenvalue weighted by Gasteiger charge is -2.10. The molecule has 4 rings (SSSR count). The van der Waals surface area contributed by atoms with E-state index < -0.39 is 6.03 Å². The van der Waals surface area contributed by atoms with E-state index in [1.54, 1.807) is 54.7 Å². The summed E-state index contributed by atoms with van der Waals surface area (Å²) in [5.41, 5.74) is 8.60. The Labute approximate surface area is 207 Å². The number of ketones is 2. The number of Topliss-reactive ketones (excluding diaryl/α,β-unsaturated/α-hetero) is 2. The number of carbonyl (C=O) groups is 3. The Bertz CT molecular complexity index is 1440. The van der Waals surface area contributed by atoms with Gasteiger partial charge >= 0.3 is 6.03 Å². The molecule has 36 heavy (non-hydrogen) atoms. The van der Waals surface area contributed by atoms with Gasteiger partial charge in [0.05, 0.1) is 10.9 Å². The van der Waals surface area contributed by atoms with Crippen LogP contribution in [0.2, 0.25) is 0 Å². The highest BCUT2D eigenvalue weighted by atomic mass is 16.5. The minimum absolute atomic E-state index is 0.0521. The molecule has 2 amide bonds. The molecule has 0 spiro atoms. The van der Waals surface area contributed by atoms with Gasteiger partial charge in [-0.3, -0.25) is 9.59 Å². The number of fused-ring (bicyclic) bond motifs is 1. The van der Waals surface area contributed by atoms with Gasteiger partial charge in [-0.25, -0.2) is 14.8 Å². The summed E-state index contributed by atoms with van der Waals surface area (Å²) in [4.78, 5) is 45.1. The van der Waals surface area contributed by atoms with Crippen molar-refractivity contribution in [2.24, 2.45) is 0 Å². The first-order valence-corrected chi connectivity index (χ1v) is 11.3. The highest BCUT2D eigenvalue weighted by Crippen LogP contribution is 2.27. The molecule has 0 saturated carbocycles. The van der Waals surface area contributed by atoms with Crippen molar-refractivity contribution >= 4 is 45.8 Å². The number of ether oxygens (including phenoxy) is 1. The Kier molecular flexibility index (Phi) is 6.95. The molecule has 0 atom stereocenters. The highest BCUT2D eigenvalue weighted by molar-refractivity contribution is 6.11. The van der Waals surface area contributed by atoms with Gasteiger partial charge in [-0.05, 0) is 57.2 Å². The van der Waals surface area contributed by atoms with Crippen molar-refractivity contribution in [3.63, 3.8) is 0 Å². The zero-order chi connectivity index (χ0) is 25.8. The van der Waals surface area contributed by atoms with E-state index in [0.717, 1.165) is 0 Å². The maximum Gasteiger partial charge on any atom is 0.323 e. The molecule has 4 N–H and O–H groups in total. The van der Waals surface area contributed by atoms with E-state index in [-0.39, 0.29) is 30.0 Å². The summed E-state index contributed by atoms with van der Waals surface area (Å²) in [5.74, 6) is 0.314. The van der Waals surface area contributed by atoms with E-state index in [1.807, 2.05) is 18.4 Å². The predicted molar refractivity (Wildman–Crippen MR) is 138 cm³/mol. The molecule has 10 nitrogen and oxygen atoms in total. The van der Waals surface area contributed by atoms with Crippen LogP contribution >= 0.6 is 0 Å². The maximum atomic E-state index is 13.0. The van der Waals surface area contributed by atoms with E-state index in [4.69, 9.17) is 10.5 Å². The van der Waals surface area contributed by atoms with Gasteiger partial charge in [-0.1, -0.05) is 6.07 Å². The Morgan fingerprint density at radius 1 is 1.03 bits per heavy atom.